The zero-order valence-corrected chi connectivity index (χ0v) is 19.0. The lowest BCUT2D eigenvalue weighted by Crippen LogP contribution is -2.55. The molecule has 2 aromatic carbocycles. The minimum absolute atomic E-state index is 0.0550. The van der Waals surface area contributed by atoms with E-state index in [9.17, 15) is 5.11 Å². The fraction of sp³-hybridized carbons (Fsp3) is 0.346. The molecular weight excluding hydrogens is 433 g/mol. The first-order valence-electron chi connectivity index (χ1n) is 11.7. The van der Waals surface area contributed by atoms with Crippen LogP contribution >= 0.6 is 0 Å². The summed E-state index contributed by atoms with van der Waals surface area (Å²) in [5, 5.41) is 16.2. The maximum Gasteiger partial charge on any atom is 0.318 e. The predicted octanol–water partition coefficient (Wildman–Crippen LogP) is 4.42. The van der Waals surface area contributed by atoms with Gasteiger partial charge in [-0.2, -0.15) is 9.97 Å². The summed E-state index contributed by atoms with van der Waals surface area (Å²) in [7, 11) is 1.49. The van der Waals surface area contributed by atoms with Gasteiger partial charge in [0.2, 0.25) is 0 Å². The molecule has 2 atom stereocenters. The molecule has 0 spiro atoms. The number of halogens is 1. The van der Waals surface area contributed by atoms with Crippen molar-refractivity contribution in [3.63, 3.8) is 0 Å². The van der Waals surface area contributed by atoms with Crippen molar-refractivity contribution in [2.45, 2.75) is 37.8 Å². The van der Waals surface area contributed by atoms with Gasteiger partial charge in [0.25, 0.3) is 0 Å². The largest absolute Gasteiger partial charge is 0.508 e. The molecule has 34 heavy (non-hydrogen) atoms. The Labute approximate surface area is 196 Å². The van der Waals surface area contributed by atoms with E-state index in [4.69, 9.17) is 4.74 Å². The summed E-state index contributed by atoms with van der Waals surface area (Å²) in [6.45, 7) is 1.60. The van der Waals surface area contributed by atoms with E-state index in [1.54, 1.807) is 18.3 Å². The van der Waals surface area contributed by atoms with E-state index >= 15 is 4.39 Å². The lowest BCUT2D eigenvalue weighted by molar-refractivity contribution is 0.366. The third-order valence-electron chi connectivity index (χ3n) is 6.94. The third-order valence-corrected chi connectivity index (χ3v) is 6.94. The zero-order valence-electron chi connectivity index (χ0n) is 19.0. The number of pyridine rings is 1. The van der Waals surface area contributed by atoms with Gasteiger partial charge >= 0.3 is 6.01 Å². The van der Waals surface area contributed by atoms with Gasteiger partial charge in [-0.15, -0.1) is 0 Å². The van der Waals surface area contributed by atoms with E-state index in [2.05, 4.69) is 25.2 Å². The Morgan fingerprint density at radius 2 is 1.82 bits per heavy atom. The van der Waals surface area contributed by atoms with Crippen LogP contribution in [0.15, 0.2) is 42.6 Å². The molecule has 7 nitrogen and oxygen atoms in total. The number of hydrogen-bond donors (Lipinski definition) is 2. The van der Waals surface area contributed by atoms with Crippen LogP contribution in [0.5, 0.6) is 11.8 Å². The maximum atomic E-state index is 16.1. The smallest absolute Gasteiger partial charge is 0.318 e. The molecule has 2 N–H and O–H groups in total. The molecule has 2 fully saturated rings. The first-order valence-corrected chi connectivity index (χ1v) is 11.7. The number of benzene rings is 2. The second kappa shape index (κ2) is 8.36. The maximum absolute atomic E-state index is 16.1. The summed E-state index contributed by atoms with van der Waals surface area (Å²) < 4.78 is 21.4. The number of rotatable bonds is 3. The van der Waals surface area contributed by atoms with E-state index in [0.717, 1.165) is 36.7 Å². The standard InChI is InChI=1S/C26H26FN5O2/c1-34-26-30-24-21(25(31-26)32-13-16-7-3-4-8-17(14-32)29-16)12-28-23(22(24)27)20-11-18(33)10-15-6-2-5-9-19(15)20/h2,5-6,9-12,16-17,29,33H,3-4,7-8,13-14H2,1H3. The van der Waals surface area contributed by atoms with Gasteiger partial charge < -0.3 is 20.1 Å². The van der Waals surface area contributed by atoms with Gasteiger partial charge in [-0.1, -0.05) is 37.1 Å². The summed E-state index contributed by atoms with van der Waals surface area (Å²) in [5.41, 5.74) is 0.823. The Morgan fingerprint density at radius 1 is 1.06 bits per heavy atom. The van der Waals surface area contributed by atoms with Crippen LogP contribution in [0.2, 0.25) is 0 Å². The lowest BCUT2D eigenvalue weighted by Gasteiger charge is -2.38. The highest BCUT2D eigenvalue weighted by Crippen LogP contribution is 2.37. The van der Waals surface area contributed by atoms with Gasteiger partial charge in [0, 0.05) is 36.9 Å². The van der Waals surface area contributed by atoms with Crippen molar-refractivity contribution in [3.8, 4) is 23.0 Å². The first-order chi connectivity index (χ1) is 16.6. The molecule has 4 heterocycles. The number of fused-ring (bicyclic) bond motifs is 4. The topological polar surface area (TPSA) is 83.4 Å². The number of nitrogens with zero attached hydrogens (tertiary/aromatic N) is 4. The van der Waals surface area contributed by atoms with E-state index in [1.807, 2.05) is 24.3 Å². The van der Waals surface area contributed by atoms with Crippen LogP contribution in [0.25, 0.3) is 32.9 Å². The minimum atomic E-state index is -0.553. The van der Waals surface area contributed by atoms with Crippen LogP contribution in [-0.4, -0.2) is 52.3 Å². The number of methoxy groups -OCH3 is 1. The second-order valence-electron chi connectivity index (χ2n) is 9.18. The molecular formula is C26H26FN5O2. The molecule has 2 aliphatic heterocycles. The monoisotopic (exact) mass is 459 g/mol. The Bertz CT molecular complexity index is 1380. The number of hydrogen-bond acceptors (Lipinski definition) is 7. The molecule has 4 aromatic rings. The Hall–Kier alpha value is -3.52. The fourth-order valence-corrected chi connectivity index (χ4v) is 5.38. The summed E-state index contributed by atoms with van der Waals surface area (Å²) in [5.74, 6) is 0.154. The average molecular weight is 460 g/mol. The molecule has 0 saturated carbocycles. The molecule has 0 radical (unpaired) electrons. The Balaban J connectivity index is 1.52. The van der Waals surface area contributed by atoms with E-state index < -0.39 is 5.82 Å². The van der Waals surface area contributed by atoms with Gasteiger partial charge in [0.05, 0.1) is 12.5 Å². The van der Waals surface area contributed by atoms with Crippen LogP contribution in [-0.2, 0) is 0 Å². The van der Waals surface area contributed by atoms with E-state index in [0.29, 0.717) is 28.9 Å². The van der Waals surface area contributed by atoms with Crippen LogP contribution in [0, 0.1) is 5.82 Å². The van der Waals surface area contributed by atoms with E-state index in [-0.39, 0.29) is 23.0 Å². The molecule has 174 valence electrons. The van der Waals surface area contributed by atoms with Crippen LogP contribution in [0.3, 0.4) is 0 Å². The number of nitrogens with one attached hydrogen (secondary N) is 1. The second-order valence-corrected chi connectivity index (χ2v) is 9.18. The van der Waals surface area contributed by atoms with Crippen molar-refractivity contribution in [1.82, 2.24) is 20.3 Å². The number of aromatic hydroxyl groups is 1. The van der Waals surface area contributed by atoms with Gasteiger partial charge in [-0.05, 0) is 35.7 Å². The van der Waals surface area contributed by atoms with Crippen molar-refractivity contribution in [2.75, 3.05) is 25.1 Å². The van der Waals surface area contributed by atoms with Crippen molar-refractivity contribution in [1.29, 1.82) is 0 Å². The van der Waals surface area contributed by atoms with Crippen molar-refractivity contribution >= 4 is 27.5 Å². The number of ether oxygens (including phenoxy) is 1. The first kappa shape index (κ1) is 21.0. The summed E-state index contributed by atoms with van der Waals surface area (Å²) in [4.78, 5) is 15.7. The number of phenols is 1. The van der Waals surface area contributed by atoms with Crippen LogP contribution < -0.4 is 15.0 Å². The molecule has 2 unspecified atom stereocenters. The molecule has 0 amide bonds. The molecule has 8 heteroatoms. The summed E-state index contributed by atoms with van der Waals surface area (Å²) in [6, 6.07) is 11.6. The number of piperazine rings is 1. The minimum Gasteiger partial charge on any atom is -0.508 e. The molecule has 2 saturated heterocycles. The van der Waals surface area contributed by atoms with Crippen molar-refractivity contribution in [3.05, 3.63) is 48.4 Å². The third kappa shape index (κ3) is 3.58. The van der Waals surface area contributed by atoms with Gasteiger partial charge in [-0.25, -0.2) is 4.39 Å². The van der Waals surface area contributed by atoms with Gasteiger partial charge in [0.15, 0.2) is 5.82 Å². The highest BCUT2D eigenvalue weighted by Gasteiger charge is 2.31. The Kier molecular flexibility index (Phi) is 5.17. The molecule has 2 aliphatic rings. The predicted molar refractivity (Wildman–Crippen MR) is 130 cm³/mol. The Morgan fingerprint density at radius 3 is 2.59 bits per heavy atom. The summed E-state index contributed by atoms with van der Waals surface area (Å²) in [6.07, 6.45) is 6.32. The fourth-order valence-electron chi connectivity index (χ4n) is 5.38. The number of aromatic nitrogens is 3. The van der Waals surface area contributed by atoms with Crippen molar-refractivity contribution in [2.24, 2.45) is 0 Å². The molecule has 0 aliphatic carbocycles. The molecule has 6 rings (SSSR count). The van der Waals surface area contributed by atoms with E-state index in [1.165, 1.54) is 20.0 Å². The SMILES string of the molecule is COc1nc(N2CC3CCCCC(C2)N3)c2cnc(-c3cc(O)cc4ccccc34)c(F)c2n1. The van der Waals surface area contributed by atoms with Gasteiger partial charge in [-0.3, -0.25) is 4.98 Å². The van der Waals surface area contributed by atoms with Crippen LogP contribution in [0.4, 0.5) is 10.2 Å². The van der Waals surface area contributed by atoms with Gasteiger partial charge in [0.1, 0.15) is 22.8 Å². The molecule has 2 bridgehead atoms. The normalized spacial score (nSPS) is 20.5. The number of phenolic OH excluding ortho intramolecular Hbond substituents is 1. The average Bonchev–Trinajstić information content (AvgIpc) is 3.02. The van der Waals surface area contributed by atoms with Crippen molar-refractivity contribution < 1.29 is 14.2 Å². The lowest BCUT2D eigenvalue weighted by atomic mass is 10.00. The quantitative estimate of drug-likeness (QED) is 0.469. The summed E-state index contributed by atoms with van der Waals surface area (Å²) >= 11 is 0. The zero-order chi connectivity index (χ0) is 23.2. The highest BCUT2D eigenvalue weighted by atomic mass is 19.1. The van der Waals surface area contributed by atoms with Crippen LogP contribution in [0.1, 0.15) is 25.7 Å². The highest BCUT2D eigenvalue weighted by molar-refractivity contribution is 5.99. The number of anilines is 1. The molecule has 2 aromatic heterocycles.